The zero-order chi connectivity index (χ0) is 24.2. The molecule has 0 atom stereocenters. The fraction of sp³-hybridized carbons (Fsp3) is 0.333. The first-order chi connectivity index (χ1) is 16.3. The number of benzene rings is 2. The Bertz CT molecular complexity index is 1060. The molecule has 2 heterocycles. The number of rotatable bonds is 7. The molecule has 8 nitrogen and oxygen atoms in total. The molecular formula is C24H26N4O4Se2. The van der Waals surface area contributed by atoms with Crippen LogP contribution in [0.5, 0.6) is 0 Å². The number of carbonyl (C=O) groups is 4. The first-order valence-corrected chi connectivity index (χ1v) is 17.0. The summed E-state index contributed by atoms with van der Waals surface area (Å²) in [5.41, 5.74) is 1.86. The number of hydrogen-bond acceptors (Lipinski definition) is 6. The maximum atomic E-state index is 12.8. The van der Waals surface area contributed by atoms with Gasteiger partial charge in [-0.15, -0.1) is 0 Å². The second-order valence-corrected chi connectivity index (χ2v) is 14.7. The zero-order valence-corrected chi connectivity index (χ0v) is 22.5. The van der Waals surface area contributed by atoms with E-state index >= 15 is 0 Å². The summed E-state index contributed by atoms with van der Waals surface area (Å²) >= 11 is 0.720. The third-order valence-corrected chi connectivity index (χ3v) is 13.0. The first kappa shape index (κ1) is 24.8. The predicted molar refractivity (Wildman–Crippen MR) is 132 cm³/mol. The van der Waals surface area contributed by atoms with Crippen molar-refractivity contribution in [3.63, 3.8) is 0 Å². The van der Waals surface area contributed by atoms with Gasteiger partial charge in [0.2, 0.25) is 11.8 Å². The molecule has 0 N–H and O–H groups in total. The van der Waals surface area contributed by atoms with E-state index in [0.29, 0.717) is 45.0 Å². The number of nitrogens with zero attached hydrogens (tertiary/aromatic N) is 4. The Morgan fingerprint density at radius 1 is 0.647 bits per heavy atom. The van der Waals surface area contributed by atoms with Crippen molar-refractivity contribution in [2.75, 3.05) is 51.2 Å². The first-order valence-electron chi connectivity index (χ1n) is 10.9. The second-order valence-electron chi connectivity index (χ2n) is 8.36. The van der Waals surface area contributed by atoms with Gasteiger partial charge < -0.3 is 0 Å². The van der Waals surface area contributed by atoms with Crippen molar-refractivity contribution >= 4 is 64.5 Å². The number of aryl methyl sites for hydroxylation is 1. The van der Waals surface area contributed by atoms with Gasteiger partial charge in [-0.1, -0.05) is 0 Å². The molecule has 178 valence electrons. The van der Waals surface area contributed by atoms with Crippen LogP contribution in [-0.2, 0) is 19.2 Å². The number of carbonyl (C=O) groups excluding carboxylic acids is 4. The monoisotopic (exact) mass is 594 g/mol. The van der Waals surface area contributed by atoms with Crippen LogP contribution >= 0.6 is 0 Å². The van der Waals surface area contributed by atoms with E-state index in [9.17, 15) is 19.2 Å². The molecule has 0 aromatic heterocycles. The molecular weight excluding hydrogens is 566 g/mol. The number of hydrogen-bond donors (Lipinski definition) is 0. The van der Waals surface area contributed by atoms with Gasteiger partial charge in [-0.3, -0.25) is 14.5 Å². The number of anilines is 1. The molecule has 0 unspecified atom stereocenters. The molecule has 2 saturated heterocycles. The topological polar surface area (TPSA) is 81.2 Å². The van der Waals surface area contributed by atoms with Crippen LogP contribution in [0.25, 0.3) is 0 Å². The molecule has 2 aromatic carbocycles. The number of likely N-dealkylation sites (N-methyl/N-ethyl adjacent to an activating group) is 1. The van der Waals surface area contributed by atoms with Gasteiger partial charge in [0.15, 0.2) is 0 Å². The van der Waals surface area contributed by atoms with E-state index < -0.39 is 0 Å². The van der Waals surface area contributed by atoms with Gasteiger partial charge in [0.1, 0.15) is 0 Å². The van der Waals surface area contributed by atoms with Crippen LogP contribution in [0.2, 0.25) is 0 Å². The summed E-state index contributed by atoms with van der Waals surface area (Å²) in [4.78, 5) is 55.2. The summed E-state index contributed by atoms with van der Waals surface area (Å²) in [7, 11) is 1.48. The molecule has 4 amide bonds. The average Bonchev–Trinajstić information content (AvgIpc) is 2.81. The van der Waals surface area contributed by atoms with Crippen LogP contribution in [0.15, 0.2) is 48.5 Å². The van der Waals surface area contributed by atoms with Crippen LogP contribution in [0.1, 0.15) is 5.56 Å². The Hall–Kier alpha value is -2.32. The minimum absolute atomic E-state index is 0.129. The van der Waals surface area contributed by atoms with Gasteiger partial charge >= 0.3 is 177 Å². The Morgan fingerprint density at radius 3 is 1.53 bits per heavy atom. The molecule has 0 saturated carbocycles. The average molecular weight is 592 g/mol. The summed E-state index contributed by atoms with van der Waals surface area (Å²) < 4.78 is 2.61. The molecule has 2 aromatic rings. The van der Waals surface area contributed by atoms with Gasteiger partial charge in [-0.2, -0.15) is 0 Å². The van der Waals surface area contributed by atoms with E-state index in [4.69, 9.17) is 0 Å². The number of piperazine rings is 2. The van der Waals surface area contributed by atoms with Crippen molar-refractivity contribution in [1.82, 2.24) is 14.7 Å². The molecule has 2 aliphatic rings. The summed E-state index contributed by atoms with van der Waals surface area (Å²) in [5.74, 6) is -0.996. The van der Waals surface area contributed by atoms with Crippen molar-refractivity contribution in [2.45, 2.75) is 6.92 Å². The Labute approximate surface area is 210 Å². The van der Waals surface area contributed by atoms with Gasteiger partial charge in [0.05, 0.1) is 0 Å². The zero-order valence-electron chi connectivity index (χ0n) is 19.1. The van der Waals surface area contributed by atoms with Gasteiger partial charge in [0.25, 0.3) is 0 Å². The molecule has 0 spiro atoms. The summed E-state index contributed by atoms with van der Waals surface area (Å²) in [5, 5.41) is 0. The normalized spacial score (nSPS) is 18.2. The summed E-state index contributed by atoms with van der Waals surface area (Å²) in [6.45, 7) is 3.57. The molecule has 4 rings (SSSR count). The third kappa shape index (κ3) is 6.02. The van der Waals surface area contributed by atoms with E-state index in [1.54, 1.807) is 9.80 Å². The fourth-order valence-electron chi connectivity index (χ4n) is 3.74. The molecule has 2 fully saturated rings. The van der Waals surface area contributed by atoms with Crippen LogP contribution in [0.4, 0.5) is 5.69 Å². The van der Waals surface area contributed by atoms with E-state index in [1.807, 2.05) is 24.3 Å². The molecule has 2 aliphatic heterocycles. The van der Waals surface area contributed by atoms with Crippen molar-refractivity contribution in [1.29, 1.82) is 0 Å². The molecule has 10 heteroatoms. The molecule has 0 aliphatic carbocycles. The summed E-state index contributed by atoms with van der Waals surface area (Å²) in [6, 6.07) is 16.4. The van der Waals surface area contributed by atoms with Crippen molar-refractivity contribution in [3.05, 3.63) is 54.1 Å². The quantitative estimate of drug-likeness (QED) is 0.296. The third-order valence-electron chi connectivity index (χ3n) is 5.76. The molecule has 34 heavy (non-hydrogen) atoms. The maximum absolute atomic E-state index is 12.8. The SMILES string of the molecule is Cc1ccc([Se][Se]c2ccc(N3C(=O)CN(CCN4CC(=O)N(C)C(=O)C4)CC3=O)cc2)cc1. The molecule has 0 bridgehead atoms. The van der Waals surface area contributed by atoms with Crippen LogP contribution in [-0.4, -0.2) is 111 Å². The van der Waals surface area contributed by atoms with Crippen molar-refractivity contribution in [2.24, 2.45) is 0 Å². The van der Waals surface area contributed by atoms with Gasteiger partial charge in [-0.25, -0.2) is 0 Å². The van der Waals surface area contributed by atoms with E-state index in [-0.39, 0.29) is 49.8 Å². The van der Waals surface area contributed by atoms with Gasteiger partial charge in [-0.05, 0) is 0 Å². The van der Waals surface area contributed by atoms with Gasteiger partial charge in [0, 0.05) is 7.05 Å². The van der Waals surface area contributed by atoms with Crippen LogP contribution in [0, 0.1) is 6.92 Å². The van der Waals surface area contributed by atoms with E-state index in [1.165, 1.54) is 26.4 Å². The summed E-state index contributed by atoms with van der Waals surface area (Å²) in [6.07, 6.45) is 0. The second kappa shape index (κ2) is 10.9. The Kier molecular flexibility index (Phi) is 7.98. The number of amides is 4. The number of imide groups is 2. The predicted octanol–water partition coefficient (Wildman–Crippen LogP) is -1.25. The van der Waals surface area contributed by atoms with Crippen molar-refractivity contribution < 1.29 is 19.2 Å². The van der Waals surface area contributed by atoms with Crippen LogP contribution in [0.3, 0.4) is 0 Å². The molecule has 0 radical (unpaired) electrons. The minimum atomic E-state index is -0.260. The Morgan fingerprint density at radius 2 is 1.06 bits per heavy atom. The van der Waals surface area contributed by atoms with E-state index in [2.05, 4.69) is 31.2 Å². The fourth-order valence-corrected chi connectivity index (χ4v) is 9.70. The van der Waals surface area contributed by atoms with E-state index in [0.717, 1.165) is 4.90 Å². The van der Waals surface area contributed by atoms with Crippen molar-refractivity contribution in [3.8, 4) is 0 Å². The standard InChI is InChI=1S/C24H26N4O4Se2/c1-17-3-7-19(8-4-17)33-34-20-9-5-18(6-10-20)28-23(31)15-27(16-24(28)32)12-11-26-13-21(29)25(2)22(30)14-26/h3-10H,11-16H2,1-2H3. The Balaban J connectivity index is 1.29. The van der Waals surface area contributed by atoms with Crippen LogP contribution < -0.4 is 13.8 Å².